The van der Waals surface area contributed by atoms with Gasteiger partial charge in [-0.05, 0) is 32.0 Å². The Labute approximate surface area is 213 Å². The van der Waals surface area contributed by atoms with Crippen LogP contribution >= 0.6 is 0 Å². The van der Waals surface area contributed by atoms with Crippen LogP contribution in [-0.4, -0.2) is 49.2 Å². The lowest BCUT2D eigenvalue weighted by molar-refractivity contribution is -0.133. The van der Waals surface area contributed by atoms with Crippen molar-refractivity contribution in [2.75, 3.05) is 6.54 Å². The van der Waals surface area contributed by atoms with Gasteiger partial charge < -0.3 is 11.1 Å². The van der Waals surface area contributed by atoms with Crippen molar-refractivity contribution in [2.45, 2.75) is 38.4 Å². The van der Waals surface area contributed by atoms with Crippen molar-refractivity contribution in [1.29, 1.82) is 0 Å². The summed E-state index contributed by atoms with van der Waals surface area (Å²) in [4.78, 5) is 30.7. The molecule has 0 fully saturated rings. The van der Waals surface area contributed by atoms with Gasteiger partial charge in [0.1, 0.15) is 23.0 Å². The predicted molar refractivity (Wildman–Crippen MR) is 131 cm³/mol. The summed E-state index contributed by atoms with van der Waals surface area (Å²) in [7, 11) is 0. The first-order chi connectivity index (χ1) is 18.0. The lowest BCUT2D eigenvalue weighted by Crippen LogP contribution is -2.36. The maximum absolute atomic E-state index is 14.4. The molecule has 196 valence electrons. The molecule has 4 heterocycles. The van der Waals surface area contributed by atoms with Crippen molar-refractivity contribution in [3.05, 3.63) is 65.2 Å². The fraction of sp³-hybridized carbons (Fsp3) is 0.280. The number of aliphatic imine (C=N–C) groups is 1. The van der Waals surface area contributed by atoms with Gasteiger partial charge in [-0.3, -0.25) is 4.79 Å². The first-order valence-corrected chi connectivity index (χ1v) is 11.6. The van der Waals surface area contributed by atoms with Gasteiger partial charge in [0.2, 0.25) is 0 Å². The molecule has 3 N–H and O–H groups in total. The van der Waals surface area contributed by atoms with Crippen molar-refractivity contribution in [1.82, 2.24) is 30.0 Å². The lowest BCUT2D eigenvalue weighted by atomic mass is 9.84. The third kappa shape index (κ3) is 4.55. The van der Waals surface area contributed by atoms with Crippen molar-refractivity contribution >= 4 is 28.6 Å². The molecule has 1 amide bonds. The summed E-state index contributed by atoms with van der Waals surface area (Å²) < 4.78 is 53.8. The molecular weight excluding hydrogens is 504 g/mol. The van der Waals surface area contributed by atoms with E-state index >= 15 is 0 Å². The van der Waals surface area contributed by atoms with Gasteiger partial charge >= 0.3 is 6.18 Å². The number of hydrogen-bond acceptors (Lipinski definition) is 7. The second-order valence-corrected chi connectivity index (χ2v) is 9.31. The van der Waals surface area contributed by atoms with Crippen LogP contribution < -0.4 is 11.1 Å². The summed E-state index contributed by atoms with van der Waals surface area (Å²) in [6.45, 7) is 2.87. The predicted octanol–water partition coefficient (Wildman–Crippen LogP) is 4.04. The molecule has 1 aliphatic rings. The normalized spacial score (nSPS) is 14.4. The van der Waals surface area contributed by atoms with Gasteiger partial charge in [0.15, 0.2) is 17.3 Å². The third-order valence-electron chi connectivity index (χ3n) is 6.29. The number of nitrogens with one attached hydrogen (secondary N) is 1. The standard InChI is InChI=1S/C25H22F4N8O/c1-24(2)16-18(22(38)32-11-9-25(27,28)29)33-20(34-19(16)35-23(24)30)17-14-7-5-10-31-21(14)37(36-17)12-13-6-3-4-8-15(13)26/h3-8,10H,9,11-12H2,1-2H3,(H,32,38)(H2,30,33,34,35). The Bertz CT molecular complexity index is 1590. The van der Waals surface area contributed by atoms with Crippen LogP contribution in [0.5, 0.6) is 0 Å². The molecule has 3 aromatic heterocycles. The van der Waals surface area contributed by atoms with E-state index in [1.807, 2.05) is 0 Å². The summed E-state index contributed by atoms with van der Waals surface area (Å²) in [5.41, 5.74) is 6.38. The molecule has 0 unspecified atom stereocenters. The monoisotopic (exact) mass is 526 g/mol. The van der Waals surface area contributed by atoms with Crippen molar-refractivity contribution in [2.24, 2.45) is 10.7 Å². The van der Waals surface area contributed by atoms with Crippen LogP contribution in [0.15, 0.2) is 47.6 Å². The van der Waals surface area contributed by atoms with Gasteiger partial charge in [0.25, 0.3) is 5.91 Å². The number of alkyl halides is 3. The summed E-state index contributed by atoms with van der Waals surface area (Å²) in [5, 5.41) is 7.38. The van der Waals surface area contributed by atoms with E-state index in [1.54, 1.807) is 50.4 Å². The number of halogens is 4. The number of amides is 1. The lowest BCUT2D eigenvalue weighted by Gasteiger charge is -2.21. The Hall–Kier alpha value is -4.42. The number of fused-ring (bicyclic) bond motifs is 2. The van der Waals surface area contributed by atoms with Crippen LogP contribution in [0, 0.1) is 5.82 Å². The zero-order chi connectivity index (χ0) is 27.2. The number of hydrogen-bond donors (Lipinski definition) is 2. The van der Waals surface area contributed by atoms with Crippen LogP contribution in [0.25, 0.3) is 22.6 Å². The highest BCUT2D eigenvalue weighted by atomic mass is 19.4. The maximum atomic E-state index is 14.4. The molecular formula is C25H22F4N8O. The van der Waals surface area contributed by atoms with E-state index in [1.165, 1.54) is 10.7 Å². The molecule has 0 atom stereocenters. The fourth-order valence-electron chi connectivity index (χ4n) is 4.23. The maximum Gasteiger partial charge on any atom is 0.390 e. The van der Waals surface area contributed by atoms with E-state index in [-0.39, 0.29) is 35.4 Å². The van der Waals surface area contributed by atoms with Crippen molar-refractivity contribution in [3.8, 4) is 11.5 Å². The average molecular weight is 526 g/mol. The first kappa shape index (κ1) is 25.2. The Morgan fingerprint density at radius 2 is 1.89 bits per heavy atom. The van der Waals surface area contributed by atoms with Gasteiger partial charge in [0, 0.05) is 23.9 Å². The molecule has 0 saturated carbocycles. The molecule has 13 heteroatoms. The number of amidine groups is 1. The Balaban J connectivity index is 1.62. The van der Waals surface area contributed by atoms with Gasteiger partial charge in [0.05, 0.1) is 23.8 Å². The molecule has 4 aromatic rings. The minimum absolute atomic E-state index is 0.00394. The highest BCUT2D eigenvalue weighted by molar-refractivity contribution is 6.04. The molecule has 1 aliphatic heterocycles. The van der Waals surface area contributed by atoms with Gasteiger partial charge in [-0.2, -0.15) is 18.3 Å². The first-order valence-electron chi connectivity index (χ1n) is 11.6. The largest absolute Gasteiger partial charge is 0.390 e. The molecule has 1 aromatic carbocycles. The summed E-state index contributed by atoms with van der Waals surface area (Å²) in [6.07, 6.45) is -4.07. The quantitative estimate of drug-likeness (QED) is 0.366. The minimum Gasteiger partial charge on any atom is -0.386 e. The summed E-state index contributed by atoms with van der Waals surface area (Å²) in [5.74, 6) is -0.920. The number of rotatable bonds is 6. The van der Waals surface area contributed by atoms with E-state index < -0.39 is 36.3 Å². The molecule has 0 bridgehead atoms. The van der Waals surface area contributed by atoms with Crippen LogP contribution in [-0.2, 0) is 12.0 Å². The Kier molecular flexibility index (Phi) is 6.08. The number of carbonyl (C=O) groups is 1. The minimum atomic E-state index is -4.43. The van der Waals surface area contributed by atoms with Crippen molar-refractivity contribution < 1.29 is 22.4 Å². The number of pyridine rings is 1. The fourth-order valence-corrected chi connectivity index (χ4v) is 4.23. The molecule has 0 saturated heterocycles. The van der Waals surface area contributed by atoms with E-state index in [2.05, 4.69) is 30.4 Å². The van der Waals surface area contributed by atoms with Crippen LogP contribution in [0.1, 0.15) is 41.9 Å². The smallest absolute Gasteiger partial charge is 0.386 e. The van der Waals surface area contributed by atoms with Crippen LogP contribution in [0.3, 0.4) is 0 Å². The SMILES string of the molecule is CC1(C)C(N)=Nc2nc(-c3nn(Cc4ccccc4F)c4ncccc34)nc(C(=O)NCCC(F)(F)F)c21. The Morgan fingerprint density at radius 3 is 2.63 bits per heavy atom. The molecule has 38 heavy (non-hydrogen) atoms. The third-order valence-corrected chi connectivity index (χ3v) is 6.29. The zero-order valence-corrected chi connectivity index (χ0v) is 20.3. The molecule has 0 radical (unpaired) electrons. The van der Waals surface area contributed by atoms with E-state index in [9.17, 15) is 22.4 Å². The molecule has 0 spiro atoms. The number of carbonyl (C=O) groups excluding carboxylic acids is 1. The molecule has 0 aliphatic carbocycles. The molecule has 9 nitrogen and oxygen atoms in total. The second kappa shape index (κ2) is 9.15. The number of nitrogens with zero attached hydrogens (tertiary/aromatic N) is 6. The van der Waals surface area contributed by atoms with Gasteiger partial charge in [-0.15, -0.1) is 0 Å². The van der Waals surface area contributed by atoms with Gasteiger partial charge in [-0.1, -0.05) is 18.2 Å². The van der Waals surface area contributed by atoms with Crippen molar-refractivity contribution in [3.63, 3.8) is 0 Å². The summed E-state index contributed by atoms with van der Waals surface area (Å²) >= 11 is 0. The molecule has 5 rings (SSSR count). The van der Waals surface area contributed by atoms with Crippen LogP contribution in [0.2, 0.25) is 0 Å². The summed E-state index contributed by atoms with van der Waals surface area (Å²) in [6, 6.07) is 9.65. The average Bonchev–Trinajstić information content (AvgIpc) is 3.33. The highest BCUT2D eigenvalue weighted by Gasteiger charge is 2.40. The van der Waals surface area contributed by atoms with Gasteiger partial charge in [-0.25, -0.2) is 29.0 Å². The highest BCUT2D eigenvalue weighted by Crippen LogP contribution is 2.40. The topological polar surface area (TPSA) is 124 Å². The second-order valence-electron chi connectivity index (χ2n) is 9.31. The number of benzene rings is 1. The van der Waals surface area contributed by atoms with E-state index in [0.717, 1.165) is 0 Å². The number of aromatic nitrogens is 5. The van der Waals surface area contributed by atoms with E-state index in [0.29, 0.717) is 22.2 Å². The number of nitrogens with two attached hydrogens (primary N) is 1. The zero-order valence-electron chi connectivity index (χ0n) is 20.3. The van der Waals surface area contributed by atoms with E-state index in [4.69, 9.17) is 5.73 Å². The van der Waals surface area contributed by atoms with Crippen LogP contribution in [0.4, 0.5) is 23.4 Å². The Morgan fingerprint density at radius 1 is 1.13 bits per heavy atom.